The van der Waals surface area contributed by atoms with Gasteiger partial charge in [0.25, 0.3) is 0 Å². The van der Waals surface area contributed by atoms with E-state index in [1.807, 2.05) is 31.2 Å². The fraction of sp³-hybridized carbons (Fsp3) is 0.650. The zero-order chi connectivity index (χ0) is 17.8. The van der Waals surface area contributed by atoms with Crippen molar-refractivity contribution in [3.8, 4) is 5.75 Å². The summed E-state index contributed by atoms with van der Waals surface area (Å²) in [7, 11) is 0. The van der Waals surface area contributed by atoms with Crippen molar-refractivity contribution in [3.63, 3.8) is 0 Å². The average molecular weight is 346 g/mol. The van der Waals surface area contributed by atoms with E-state index in [-0.39, 0.29) is 24.1 Å². The number of nitrogens with one attached hydrogen (secondary N) is 1. The molecule has 2 aliphatic rings. The molecule has 1 saturated heterocycles. The zero-order valence-corrected chi connectivity index (χ0v) is 15.3. The first kappa shape index (κ1) is 18.2. The number of hydrogen-bond acceptors (Lipinski definition) is 4. The molecule has 1 aromatic rings. The van der Waals surface area contributed by atoms with Crippen molar-refractivity contribution in [1.29, 1.82) is 0 Å². The van der Waals surface area contributed by atoms with E-state index in [0.717, 1.165) is 50.9 Å². The van der Waals surface area contributed by atoms with E-state index in [9.17, 15) is 9.90 Å². The molecule has 5 nitrogen and oxygen atoms in total. The molecule has 1 aromatic carbocycles. The number of carbonyl (C=O) groups excluding carboxylic acids is 1. The molecule has 3 atom stereocenters. The van der Waals surface area contributed by atoms with E-state index in [2.05, 4.69) is 10.2 Å². The third-order valence-corrected chi connectivity index (χ3v) is 5.45. The minimum atomic E-state index is -0.466. The SMILES string of the molecule is CC(=O)NC1CCN([C@H]2CCC[C@@H](Oc3cccc(C)c3)[C@@H]2O)CC1. The summed E-state index contributed by atoms with van der Waals surface area (Å²) in [5.41, 5.74) is 1.17. The van der Waals surface area contributed by atoms with Gasteiger partial charge in [0.15, 0.2) is 0 Å². The molecule has 1 aliphatic carbocycles. The van der Waals surface area contributed by atoms with E-state index in [4.69, 9.17) is 4.74 Å². The number of nitrogens with zero attached hydrogens (tertiary/aromatic N) is 1. The van der Waals surface area contributed by atoms with Gasteiger partial charge in [-0.15, -0.1) is 0 Å². The highest BCUT2D eigenvalue weighted by Crippen LogP contribution is 2.29. The average Bonchev–Trinajstić information content (AvgIpc) is 2.57. The molecule has 0 spiro atoms. The Hall–Kier alpha value is -1.59. The Morgan fingerprint density at radius 3 is 2.68 bits per heavy atom. The van der Waals surface area contributed by atoms with Gasteiger partial charge < -0.3 is 15.2 Å². The lowest BCUT2D eigenvalue weighted by Crippen LogP contribution is -2.56. The maximum absolute atomic E-state index is 11.2. The number of rotatable bonds is 4. The van der Waals surface area contributed by atoms with Crippen LogP contribution in [0.1, 0.15) is 44.6 Å². The van der Waals surface area contributed by atoms with Crippen LogP contribution in [0.25, 0.3) is 0 Å². The lowest BCUT2D eigenvalue weighted by Gasteiger charge is -2.44. The molecule has 138 valence electrons. The lowest BCUT2D eigenvalue weighted by atomic mass is 9.87. The summed E-state index contributed by atoms with van der Waals surface area (Å²) in [4.78, 5) is 13.6. The van der Waals surface area contributed by atoms with Gasteiger partial charge in [0.05, 0.1) is 0 Å². The molecular formula is C20H30N2O3. The first-order valence-electron chi connectivity index (χ1n) is 9.45. The first-order valence-corrected chi connectivity index (χ1v) is 9.45. The van der Waals surface area contributed by atoms with E-state index < -0.39 is 6.10 Å². The van der Waals surface area contributed by atoms with E-state index in [1.165, 1.54) is 5.56 Å². The number of piperidine rings is 1. The summed E-state index contributed by atoms with van der Waals surface area (Å²) in [5, 5.41) is 13.9. The van der Waals surface area contributed by atoms with Crippen LogP contribution in [0.3, 0.4) is 0 Å². The van der Waals surface area contributed by atoms with Gasteiger partial charge in [0, 0.05) is 32.1 Å². The van der Waals surface area contributed by atoms with Crippen molar-refractivity contribution in [3.05, 3.63) is 29.8 Å². The summed E-state index contributed by atoms with van der Waals surface area (Å²) >= 11 is 0. The highest BCUT2D eigenvalue weighted by molar-refractivity contribution is 5.73. The topological polar surface area (TPSA) is 61.8 Å². The van der Waals surface area contributed by atoms with Crippen LogP contribution in [-0.2, 0) is 4.79 Å². The van der Waals surface area contributed by atoms with Crippen molar-refractivity contribution in [1.82, 2.24) is 10.2 Å². The predicted octanol–water partition coefficient (Wildman–Crippen LogP) is 2.26. The second-order valence-electron chi connectivity index (χ2n) is 7.47. The number of benzene rings is 1. The molecule has 0 unspecified atom stereocenters. The van der Waals surface area contributed by atoms with E-state index in [0.29, 0.717) is 0 Å². The van der Waals surface area contributed by atoms with Crippen molar-refractivity contribution in [2.24, 2.45) is 0 Å². The summed E-state index contributed by atoms with van der Waals surface area (Å²) in [6, 6.07) is 8.45. The van der Waals surface area contributed by atoms with Crippen molar-refractivity contribution < 1.29 is 14.6 Å². The van der Waals surface area contributed by atoms with E-state index in [1.54, 1.807) is 6.92 Å². The predicted molar refractivity (Wildman–Crippen MR) is 97.7 cm³/mol. The van der Waals surface area contributed by atoms with Gasteiger partial charge in [-0.05, 0) is 56.7 Å². The standard InChI is InChI=1S/C20H30N2O3/c1-14-5-3-6-17(13-14)25-19-8-4-7-18(20(19)24)22-11-9-16(10-12-22)21-15(2)23/h3,5-6,13,16,18-20,24H,4,7-12H2,1-2H3,(H,21,23)/t18-,19+,20+/m0/s1. The first-order chi connectivity index (χ1) is 12.0. The number of aryl methyl sites for hydroxylation is 1. The zero-order valence-electron chi connectivity index (χ0n) is 15.3. The molecule has 0 aromatic heterocycles. The van der Waals surface area contributed by atoms with Crippen LogP contribution >= 0.6 is 0 Å². The van der Waals surface area contributed by atoms with Gasteiger partial charge >= 0.3 is 0 Å². The molecule has 1 aliphatic heterocycles. The minimum absolute atomic E-state index is 0.0442. The second kappa shape index (κ2) is 8.19. The Kier molecular flexibility index (Phi) is 5.97. The van der Waals surface area contributed by atoms with Crippen LogP contribution in [0.2, 0.25) is 0 Å². The molecule has 0 radical (unpaired) electrons. The third-order valence-electron chi connectivity index (χ3n) is 5.45. The maximum Gasteiger partial charge on any atom is 0.217 e. The van der Waals surface area contributed by atoms with Crippen LogP contribution in [-0.4, -0.2) is 53.3 Å². The highest BCUT2D eigenvalue weighted by Gasteiger charge is 2.38. The van der Waals surface area contributed by atoms with Crippen molar-refractivity contribution >= 4 is 5.91 Å². The highest BCUT2D eigenvalue weighted by atomic mass is 16.5. The second-order valence-corrected chi connectivity index (χ2v) is 7.47. The number of ether oxygens (including phenoxy) is 1. The van der Waals surface area contributed by atoms with Crippen molar-refractivity contribution in [2.75, 3.05) is 13.1 Å². The van der Waals surface area contributed by atoms with Crippen LogP contribution in [0.4, 0.5) is 0 Å². The third kappa shape index (κ3) is 4.73. The number of hydrogen-bond donors (Lipinski definition) is 2. The van der Waals surface area contributed by atoms with Gasteiger partial charge in [0.1, 0.15) is 18.0 Å². The van der Waals surface area contributed by atoms with Gasteiger partial charge in [-0.1, -0.05) is 12.1 Å². The number of aliphatic hydroxyl groups is 1. The number of likely N-dealkylation sites (tertiary alicyclic amines) is 1. The molecule has 1 heterocycles. The van der Waals surface area contributed by atoms with Gasteiger partial charge in [-0.2, -0.15) is 0 Å². The van der Waals surface area contributed by atoms with Crippen LogP contribution < -0.4 is 10.1 Å². The van der Waals surface area contributed by atoms with Crippen LogP contribution in [0, 0.1) is 6.92 Å². The molecule has 0 bridgehead atoms. The van der Waals surface area contributed by atoms with Crippen LogP contribution in [0.5, 0.6) is 5.75 Å². The Morgan fingerprint density at radius 1 is 1.24 bits per heavy atom. The molecule has 25 heavy (non-hydrogen) atoms. The molecule has 3 rings (SSSR count). The summed E-state index contributed by atoms with van der Waals surface area (Å²) in [5.74, 6) is 0.886. The fourth-order valence-corrected chi connectivity index (χ4v) is 4.17. The molecule has 2 N–H and O–H groups in total. The largest absolute Gasteiger partial charge is 0.488 e. The molecule has 1 amide bonds. The number of carbonyl (C=O) groups is 1. The van der Waals surface area contributed by atoms with E-state index >= 15 is 0 Å². The van der Waals surface area contributed by atoms with Crippen LogP contribution in [0.15, 0.2) is 24.3 Å². The Labute approximate surface area is 150 Å². The molecule has 1 saturated carbocycles. The van der Waals surface area contributed by atoms with Gasteiger partial charge in [0.2, 0.25) is 5.91 Å². The maximum atomic E-state index is 11.2. The fourth-order valence-electron chi connectivity index (χ4n) is 4.17. The van der Waals surface area contributed by atoms with Gasteiger partial charge in [-0.3, -0.25) is 9.69 Å². The Morgan fingerprint density at radius 2 is 2.00 bits per heavy atom. The summed E-state index contributed by atoms with van der Waals surface area (Å²) < 4.78 is 6.11. The molecular weight excluding hydrogens is 316 g/mol. The monoisotopic (exact) mass is 346 g/mol. The lowest BCUT2D eigenvalue weighted by molar-refractivity contribution is -0.120. The summed E-state index contributed by atoms with van der Waals surface area (Å²) in [6.07, 6.45) is 4.27. The van der Waals surface area contributed by atoms with Crippen molar-refractivity contribution in [2.45, 2.75) is 70.2 Å². The summed E-state index contributed by atoms with van der Waals surface area (Å²) in [6.45, 7) is 5.46. The Bertz CT molecular complexity index is 584. The van der Waals surface area contributed by atoms with Gasteiger partial charge in [-0.25, -0.2) is 0 Å². The minimum Gasteiger partial charge on any atom is -0.488 e. The number of amides is 1. The Balaban J connectivity index is 1.57. The number of aliphatic hydroxyl groups excluding tert-OH is 1. The smallest absolute Gasteiger partial charge is 0.217 e. The molecule has 5 heteroatoms. The normalized spacial score (nSPS) is 28.5. The molecule has 2 fully saturated rings. The quantitative estimate of drug-likeness (QED) is 0.878.